The van der Waals surface area contributed by atoms with Gasteiger partial charge in [-0.25, -0.2) is 12.8 Å². The summed E-state index contributed by atoms with van der Waals surface area (Å²) < 4.78 is 40.9. The molecule has 0 heterocycles. The van der Waals surface area contributed by atoms with Crippen LogP contribution in [0, 0.1) is 5.82 Å². The molecule has 140 valence electrons. The van der Waals surface area contributed by atoms with E-state index in [2.05, 4.69) is 0 Å². The van der Waals surface area contributed by atoms with Crippen LogP contribution in [0.4, 0.5) is 10.1 Å². The first kappa shape index (κ1) is 18.8. The van der Waals surface area contributed by atoms with Crippen LogP contribution < -0.4 is 4.31 Å². The van der Waals surface area contributed by atoms with Crippen LogP contribution in [0.2, 0.25) is 0 Å². The standard InChI is InChI=1S/C20H18FNO4S/c21-16-10-12-17(13-11-16)27(25,26)22(14-4-9-20(23)24)19-8-3-6-15-5-1-2-7-18(15)19/h1-3,5-8,10-13H,4,9,14H2,(H,23,24). The Morgan fingerprint density at radius 2 is 1.63 bits per heavy atom. The lowest BCUT2D eigenvalue weighted by Crippen LogP contribution is -2.32. The van der Waals surface area contributed by atoms with E-state index in [0.29, 0.717) is 5.69 Å². The van der Waals surface area contributed by atoms with E-state index in [1.165, 1.54) is 16.4 Å². The first-order chi connectivity index (χ1) is 12.9. The molecule has 0 atom stereocenters. The number of fused-ring (bicyclic) bond motifs is 1. The van der Waals surface area contributed by atoms with Crippen molar-refractivity contribution < 1.29 is 22.7 Å². The predicted octanol–water partition coefficient (Wildman–Crippen LogP) is 4.04. The number of aliphatic carboxylic acids is 1. The molecule has 0 fully saturated rings. The minimum absolute atomic E-state index is 0.0000172. The zero-order valence-electron chi connectivity index (χ0n) is 14.4. The van der Waals surface area contributed by atoms with Crippen molar-refractivity contribution in [3.8, 4) is 0 Å². The molecular formula is C20H18FNO4S. The number of sulfonamides is 1. The van der Waals surface area contributed by atoms with Crippen LogP contribution in [0.15, 0.2) is 71.6 Å². The summed E-state index contributed by atoms with van der Waals surface area (Å²) in [5, 5.41) is 10.5. The van der Waals surface area contributed by atoms with Crippen LogP contribution >= 0.6 is 0 Å². The Balaban J connectivity index is 2.10. The van der Waals surface area contributed by atoms with Gasteiger partial charge in [-0.2, -0.15) is 0 Å². The van der Waals surface area contributed by atoms with Gasteiger partial charge >= 0.3 is 5.97 Å². The number of benzene rings is 3. The summed E-state index contributed by atoms with van der Waals surface area (Å²) in [7, 11) is -3.99. The van der Waals surface area contributed by atoms with Gasteiger partial charge < -0.3 is 5.11 Å². The second kappa shape index (κ2) is 7.75. The van der Waals surface area contributed by atoms with Gasteiger partial charge in [-0.05, 0) is 42.1 Å². The topological polar surface area (TPSA) is 74.7 Å². The fraction of sp³-hybridized carbons (Fsp3) is 0.150. The van der Waals surface area contributed by atoms with Gasteiger partial charge in [-0.15, -0.1) is 0 Å². The second-order valence-corrected chi connectivity index (χ2v) is 7.89. The molecular weight excluding hydrogens is 369 g/mol. The van der Waals surface area contributed by atoms with Crippen LogP contribution in [-0.4, -0.2) is 26.0 Å². The summed E-state index contributed by atoms with van der Waals surface area (Å²) in [6, 6.07) is 17.3. The summed E-state index contributed by atoms with van der Waals surface area (Å²) in [6.45, 7) is 0.0000172. The molecule has 27 heavy (non-hydrogen) atoms. The summed E-state index contributed by atoms with van der Waals surface area (Å²) in [6.07, 6.45) is -0.000810. The van der Waals surface area contributed by atoms with Crippen molar-refractivity contribution >= 4 is 32.5 Å². The van der Waals surface area contributed by atoms with E-state index in [0.717, 1.165) is 22.9 Å². The van der Waals surface area contributed by atoms with Crippen molar-refractivity contribution in [3.63, 3.8) is 0 Å². The molecule has 0 saturated carbocycles. The molecule has 0 unspecified atom stereocenters. The van der Waals surface area contributed by atoms with Crippen LogP contribution in [0.5, 0.6) is 0 Å². The SMILES string of the molecule is O=C(O)CCCN(c1cccc2ccccc12)S(=O)(=O)c1ccc(F)cc1. The van der Waals surface area contributed by atoms with Gasteiger partial charge in [-0.1, -0.05) is 36.4 Å². The van der Waals surface area contributed by atoms with Gasteiger partial charge in [0.15, 0.2) is 0 Å². The number of nitrogens with zero attached hydrogens (tertiary/aromatic N) is 1. The number of hydrogen-bond donors (Lipinski definition) is 1. The molecule has 0 amide bonds. The zero-order chi connectivity index (χ0) is 19.4. The molecule has 0 spiro atoms. The summed E-state index contributed by atoms with van der Waals surface area (Å²) in [5.41, 5.74) is 0.461. The monoisotopic (exact) mass is 387 g/mol. The Morgan fingerprint density at radius 3 is 2.33 bits per heavy atom. The molecule has 0 radical (unpaired) electrons. The van der Waals surface area contributed by atoms with Crippen molar-refractivity contribution in [2.45, 2.75) is 17.7 Å². The highest BCUT2D eigenvalue weighted by Crippen LogP contribution is 2.31. The maximum Gasteiger partial charge on any atom is 0.303 e. The lowest BCUT2D eigenvalue weighted by atomic mass is 10.1. The molecule has 3 aromatic rings. The molecule has 3 aromatic carbocycles. The Labute approximate surface area is 156 Å². The van der Waals surface area contributed by atoms with E-state index >= 15 is 0 Å². The molecule has 0 aromatic heterocycles. The number of carboxylic acid groups (broad SMARTS) is 1. The number of halogens is 1. The number of carboxylic acids is 1. The van der Waals surface area contributed by atoms with Crippen molar-refractivity contribution in [3.05, 3.63) is 72.5 Å². The van der Waals surface area contributed by atoms with E-state index in [1.807, 2.05) is 30.3 Å². The van der Waals surface area contributed by atoms with Crippen molar-refractivity contribution in [2.75, 3.05) is 10.8 Å². The van der Waals surface area contributed by atoms with Crippen molar-refractivity contribution in [1.82, 2.24) is 0 Å². The van der Waals surface area contributed by atoms with Gasteiger partial charge in [-0.3, -0.25) is 9.10 Å². The summed E-state index contributed by atoms with van der Waals surface area (Å²) in [5.74, 6) is -1.52. The van der Waals surface area contributed by atoms with Crippen LogP contribution in [0.1, 0.15) is 12.8 Å². The second-order valence-electron chi connectivity index (χ2n) is 6.03. The number of carbonyl (C=O) groups is 1. The molecule has 5 nitrogen and oxygen atoms in total. The van der Waals surface area contributed by atoms with Crippen molar-refractivity contribution in [1.29, 1.82) is 0 Å². The van der Waals surface area contributed by atoms with Crippen molar-refractivity contribution in [2.24, 2.45) is 0 Å². The van der Waals surface area contributed by atoms with Gasteiger partial charge in [0.2, 0.25) is 0 Å². The quantitative estimate of drug-likeness (QED) is 0.664. The van der Waals surface area contributed by atoms with Gasteiger partial charge in [0.05, 0.1) is 10.6 Å². The highest BCUT2D eigenvalue weighted by molar-refractivity contribution is 7.92. The molecule has 0 aliphatic rings. The fourth-order valence-electron chi connectivity index (χ4n) is 2.90. The van der Waals surface area contributed by atoms with E-state index in [-0.39, 0.29) is 24.3 Å². The molecule has 0 saturated heterocycles. The molecule has 0 bridgehead atoms. The third-order valence-electron chi connectivity index (χ3n) is 4.19. The third kappa shape index (κ3) is 4.09. The summed E-state index contributed by atoms with van der Waals surface area (Å²) >= 11 is 0. The highest BCUT2D eigenvalue weighted by Gasteiger charge is 2.26. The average Bonchev–Trinajstić information content (AvgIpc) is 2.65. The first-order valence-electron chi connectivity index (χ1n) is 8.37. The maximum absolute atomic E-state index is 13.2. The van der Waals surface area contributed by atoms with Gasteiger partial charge in [0.25, 0.3) is 10.0 Å². The molecule has 1 N–H and O–H groups in total. The normalized spacial score (nSPS) is 11.4. The first-order valence-corrected chi connectivity index (χ1v) is 9.81. The largest absolute Gasteiger partial charge is 0.481 e. The Morgan fingerprint density at radius 1 is 0.963 bits per heavy atom. The maximum atomic E-state index is 13.2. The Bertz CT molecular complexity index is 1060. The fourth-order valence-corrected chi connectivity index (χ4v) is 4.43. The molecule has 0 aliphatic heterocycles. The lowest BCUT2D eigenvalue weighted by Gasteiger charge is -2.26. The number of hydrogen-bond acceptors (Lipinski definition) is 3. The number of rotatable bonds is 7. The minimum Gasteiger partial charge on any atom is -0.481 e. The van der Waals surface area contributed by atoms with Gasteiger partial charge in [0.1, 0.15) is 5.82 Å². The lowest BCUT2D eigenvalue weighted by molar-refractivity contribution is -0.137. The average molecular weight is 387 g/mol. The van der Waals surface area contributed by atoms with E-state index in [1.54, 1.807) is 12.1 Å². The van der Waals surface area contributed by atoms with Gasteiger partial charge in [0, 0.05) is 18.4 Å². The molecule has 3 rings (SSSR count). The number of anilines is 1. The molecule has 0 aliphatic carbocycles. The van der Waals surface area contributed by atoms with E-state index in [9.17, 15) is 17.6 Å². The van der Waals surface area contributed by atoms with E-state index < -0.39 is 21.8 Å². The minimum atomic E-state index is -3.99. The van der Waals surface area contributed by atoms with Crippen LogP contribution in [0.3, 0.4) is 0 Å². The Kier molecular flexibility index (Phi) is 5.41. The Hall–Kier alpha value is -2.93. The molecule has 7 heteroatoms. The summed E-state index contributed by atoms with van der Waals surface area (Å²) in [4.78, 5) is 10.8. The third-order valence-corrected chi connectivity index (χ3v) is 6.02. The van der Waals surface area contributed by atoms with E-state index in [4.69, 9.17) is 5.11 Å². The zero-order valence-corrected chi connectivity index (χ0v) is 15.2. The smallest absolute Gasteiger partial charge is 0.303 e. The predicted molar refractivity (Wildman–Crippen MR) is 102 cm³/mol. The highest BCUT2D eigenvalue weighted by atomic mass is 32.2. The van der Waals surface area contributed by atoms with Crippen LogP contribution in [-0.2, 0) is 14.8 Å². The van der Waals surface area contributed by atoms with Crippen LogP contribution in [0.25, 0.3) is 10.8 Å².